The Kier molecular flexibility index (Phi) is 4.28. The molecule has 1 unspecified atom stereocenters. The van der Waals surface area contributed by atoms with Crippen molar-refractivity contribution in [3.63, 3.8) is 0 Å². The van der Waals surface area contributed by atoms with Crippen LogP contribution < -0.4 is 5.32 Å². The largest absolute Gasteiger partial charge is 0.309 e. The smallest absolute Gasteiger partial charge is 0.0574 e. The number of halogens is 1. The van der Waals surface area contributed by atoms with Crippen LogP contribution in [0.4, 0.5) is 0 Å². The molecule has 0 saturated heterocycles. The van der Waals surface area contributed by atoms with Gasteiger partial charge in [-0.25, -0.2) is 0 Å². The fourth-order valence-corrected chi connectivity index (χ4v) is 2.45. The van der Waals surface area contributed by atoms with Crippen molar-refractivity contribution in [2.75, 3.05) is 7.05 Å². The zero-order chi connectivity index (χ0) is 14.0. The number of nitrogens with one attached hydrogen (secondary N) is 1. The van der Waals surface area contributed by atoms with Crippen molar-refractivity contribution in [3.8, 4) is 0 Å². The van der Waals surface area contributed by atoms with Crippen LogP contribution in [-0.2, 0) is 0 Å². The lowest BCUT2D eigenvalue weighted by atomic mass is 9.95. The van der Waals surface area contributed by atoms with Gasteiger partial charge in [-0.05, 0) is 61.7 Å². The molecule has 0 aliphatic rings. The Labute approximate surface area is 120 Å². The normalized spacial score (nSPS) is 12.5. The van der Waals surface area contributed by atoms with Gasteiger partial charge in [0, 0.05) is 5.02 Å². The van der Waals surface area contributed by atoms with E-state index < -0.39 is 0 Å². The van der Waals surface area contributed by atoms with Crippen LogP contribution in [0.2, 0.25) is 5.02 Å². The van der Waals surface area contributed by atoms with Crippen LogP contribution in [0.1, 0.15) is 33.9 Å². The maximum Gasteiger partial charge on any atom is 0.0574 e. The van der Waals surface area contributed by atoms with Crippen LogP contribution in [-0.4, -0.2) is 7.05 Å². The van der Waals surface area contributed by atoms with E-state index in [0.717, 1.165) is 10.6 Å². The van der Waals surface area contributed by atoms with Crippen LogP contribution in [0.25, 0.3) is 0 Å². The molecule has 0 saturated carbocycles. The third-order valence-electron chi connectivity index (χ3n) is 3.68. The molecule has 1 atom stereocenters. The maximum atomic E-state index is 6.23. The fourth-order valence-electron chi connectivity index (χ4n) is 2.26. The molecule has 2 heteroatoms. The van der Waals surface area contributed by atoms with Gasteiger partial charge in [0.1, 0.15) is 0 Å². The van der Waals surface area contributed by atoms with Crippen molar-refractivity contribution in [1.82, 2.24) is 5.32 Å². The Hall–Kier alpha value is -1.31. The minimum atomic E-state index is 0.178. The predicted molar refractivity (Wildman–Crippen MR) is 83.0 cm³/mol. The molecule has 100 valence electrons. The van der Waals surface area contributed by atoms with E-state index in [4.69, 9.17) is 11.6 Å². The molecule has 0 aliphatic carbocycles. The zero-order valence-corrected chi connectivity index (χ0v) is 12.7. The lowest BCUT2D eigenvalue weighted by Crippen LogP contribution is -2.17. The first-order valence-electron chi connectivity index (χ1n) is 6.53. The summed E-state index contributed by atoms with van der Waals surface area (Å²) in [5.41, 5.74) is 6.21. The van der Waals surface area contributed by atoms with Gasteiger partial charge in [-0.1, -0.05) is 41.9 Å². The second kappa shape index (κ2) is 5.77. The van der Waals surface area contributed by atoms with Crippen LogP contribution in [0.3, 0.4) is 0 Å². The lowest BCUT2D eigenvalue weighted by Gasteiger charge is -2.19. The molecule has 0 fully saturated rings. The quantitative estimate of drug-likeness (QED) is 0.863. The molecule has 2 aromatic rings. The van der Waals surface area contributed by atoms with E-state index in [9.17, 15) is 0 Å². The van der Waals surface area contributed by atoms with E-state index in [0.29, 0.717) is 0 Å². The summed E-state index contributed by atoms with van der Waals surface area (Å²) in [6, 6.07) is 13.0. The van der Waals surface area contributed by atoms with Crippen LogP contribution in [0, 0.1) is 20.8 Å². The molecule has 1 N–H and O–H groups in total. The first-order chi connectivity index (χ1) is 9.02. The molecule has 0 amide bonds. The van der Waals surface area contributed by atoms with Crippen molar-refractivity contribution in [1.29, 1.82) is 0 Å². The highest BCUT2D eigenvalue weighted by molar-refractivity contribution is 6.31. The summed E-state index contributed by atoms with van der Waals surface area (Å²) in [5.74, 6) is 0. The molecule has 2 rings (SSSR count). The molecule has 0 aromatic heterocycles. The van der Waals surface area contributed by atoms with Gasteiger partial charge in [0.15, 0.2) is 0 Å². The van der Waals surface area contributed by atoms with E-state index in [1.165, 1.54) is 22.3 Å². The number of aryl methyl sites for hydroxylation is 3. The summed E-state index contributed by atoms with van der Waals surface area (Å²) >= 11 is 6.23. The first-order valence-corrected chi connectivity index (χ1v) is 6.91. The Bertz CT molecular complexity index is 538. The molecule has 0 heterocycles. The molecule has 2 aromatic carbocycles. The van der Waals surface area contributed by atoms with Gasteiger partial charge in [0.05, 0.1) is 6.04 Å². The highest BCUT2D eigenvalue weighted by Gasteiger charge is 2.13. The maximum absolute atomic E-state index is 6.23. The highest BCUT2D eigenvalue weighted by Crippen LogP contribution is 2.27. The first kappa shape index (κ1) is 14.1. The summed E-state index contributed by atoms with van der Waals surface area (Å²) in [5, 5.41) is 4.19. The van der Waals surface area contributed by atoms with Gasteiger partial charge in [0.25, 0.3) is 0 Å². The molecular formula is C17H20ClN. The van der Waals surface area contributed by atoms with Gasteiger partial charge in [-0.15, -0.1) is 0 Å². The van der Waals surface area contributed by atoms with Crippen LogP contribution >= 0.6 is 11.6 Å². The van der Waals surface area contributed by atoms with Crippen molar-refractivity contribution in [2.45, 2.75) is 26.8 Å². The van der Waals surface area contributed by atoms with Gasteiger partial charge in [-0.2, -0.15) is 0 Å². The second-order valence-electron chi connectivity index (χ2n) is 5.07. The summed E-state index contributed by atoms with van der Waals surface area (Å²) in [4.78, 5) is 0. The minimum absolute atomic E-state index is 0.178. The molecule has 0 radical (unpaired) electrons. The van der Waals surface area contributed by atoms with E-state index in [1.54, 1.807) is 0 Å². The summed E-state index contributed by atoms with van der Waals surface area (Å²) in [6.07, 6.45) is 0. The van der Waals surface area contributed by atoms with Crippen LogP contribution in [0.5, 0.6) is 0 Å². The number of rotatable bonds is 3. The second-order valence-corrected chi connectivity index (χ2v) is 5.48. The van der Waals surface area contributed by atoms with Crippen LogP contribution in [0.15, 0.2) is 36.4 Å². The van der Waals surface area contributed by atoms with E-state index in [1.807, 2.05) is 20.0 Å². The van der Waals surface area contributed by atoms with E-state index >= 15 is 0 Å². The SMILES string of the molecule is CNC(c1ccc(C)c(C)c1)c1ccc(C)c(Cl)c1. The van der Waals surface area contributed by atoms with E-state index in [-0.39, 0.29) is 6.04 Å². The average Bonchev–Trinajstić information content (AvgIpc) is 2.39. The monoisotopic (exact) mass is 273 g/mol. The molecule has 0 spiro atoms. The summed E-state index contributed by atoms with van der Waals surface area (Å²) in [6.45, 7) is 6.31. The number of benzene rings is 2. The summed E-state index contributed by atoms with van der Waals surface area (Å²) in [7, 11) is 1.98. The molecular weight excluding hydrogens is 254 g/mol. The molecule has 0 aliphatic heterocycles. The lowest BCUT2D eigenvalue weighted by molar-refractivity contribution is 0.691. The van der Waals surface area contributed by atoms with Gasteiger partial charge in [0.2, 0.25) is 0 Å². The molecule has 1 nitrogen and oxygen atoms in total. The molecule has 0 bridgehead atoms. The molecule has 19 heavy (non-hydrogen) atoms. The third kappa shape index (κ3) is 2.99. The topological polar surface area (TPSA) is 12.0 Å². The number of hydrogen-bond donors (Lipinski definition) is 1. The van der Waals surface area contributed by atoms with Crippen molar-refractivity contribution in [2.24, 2.45) is 0 Å². The zero-order valence-electron chi connectivity index (χ0n) is 11.9. The van der Waals surface area contributed by atoms with Crippen molar-refractivity contribution in [3.05, 3.63) is 69.2 Å². The highest BCUT2D eigenvalue weighted by atomic mass is 35.5. The Balaban J connectivity index is 2.43. The minimum Gasteiger partial charge on any atom is -0.309 e. The summed E-state index contributed by atoms with van der Waals surface area (Å²) < 4.78 is 0. The van der Waals surface area contributed by atoms with Gasteiger partial charge < -0.3 is 5.32 Å². The van der Waals surface area contributed by atoms with Gasteiger partial charge >= 0.3 is 0 Å². The fraction of sp³-hybridized carbons (Fsp3) is 0.294. The van der Waals surface area contributed by atoms with Gasteiger partial charge in [-0.3, -0.25) is 0 Å². The average molecular weight is 274 g/mol. The van der Waals surface area contributed by atoms with Crippen molar-refractivity contribution < 1.29 is 0 Å². The Morgan fingerprint density at radius 2 is 1.42 bits per heavy atom. The predicted octanol–water partition coefficient (Wildman–Crippen LogP) is 4.57. The van der Waals surface area contributed by atoms with Crippen molar-refractivity contribution >= 4 is 11.6 Å². The Morgan fingerprint density at radius 1 is 0.842 bits per heavy atom. The van der Waals surface area contributed by atoms with E-state index in [2.05, 4.69) is 49.5 Å². The Morgan fingerprint density at radius 3 is 1.95 bits per heavy atom. The standard InChI is InChI=1S/C17H20ClN/c1-11-5-7-14(9-13(11)3)17(19-4)15-8-6-12(2)16(18)10-15/h5-10,17,19H,1-4H3. The number of hydrogen-bond acceptors (Lipinski definition) is 1. The third-order valence-corrected chi connectivity index (χ3v) is 4.09.